The van der Waals surface area contributed by atoms with E-state index >= 15 is 0 Å². The molecule has 1 aromatic heterocycles. The molecule has 0 saturated heterocycles. The van der Waals surface area contributed by atoms with Crippen molar-refractivity contribution in [2.75, 3.05) is 0 Å². The van der Waals surface area contributed by atoms with Crippen molar-refractivity contribution in [2.45, 2.75) is 33.1 Å². The van der Waals surface area contributed by atoms with Crippen molar-refractivity contribution >= 4 is 11.6 Å². The summed E-state index contributed by atoms with van der Waals surface area (Å²) < 4.78 is 5.87. The maximum Gasteiger partial charge on any atom is 0.221 e. The molecule has 0 N–H and O–H groups in total. The van der Waals surface area contributed by atoms with Crippen LogP contribution in [-0.4, -0.2) is 4.98 Å². The quantitative estimate of drug-likeness (QED) is 0.733. The smallest absolute Gasteiger partial charge is 0.221 e. The maximum absolute atomic E-state index is 8.98. The number of nitriles is 1. The summed E-state index contributed by atoms with van der Waals surface area (Å²) in [7, 11) is 0. The van der Waals surface area contributed by atoms with E-state index in [9.17, 15) is 0 Å². The topological polar surface area (TPSA) is 45.9 Å². The van der Waals surface area contributed by atoms with Gasteiger partial charge >= 0.3 is 0 Å². The van der Waals surface area contributed by atoms with E-state index in [1.165, 1.54) is 11.6 Å². The Morgan fingerprint density at radius 2 is 1.90 bits per heavy atom. The van der Waals surface area contributed by atoms with Crippen LogP contribution in [0.15, 0.2) is 30.3 Å². The van der Waals surface area contributed by atoms with E-state index < -0.39 is 0 Å². The fourth-order valence-electron chi connectivity index (χ4n) is 2.02. The highest BCUT2D eigenvalue weighted by atomic mass is 35.5. The van der Waals surface area contributed by atoms with E-state index in [1.54, 1.807) is 6.07 Å². The Morgan fingerprint density at radius 1 is 1.19 bits per heavy atom. The lowest BCUT2D eigenvalue weighted by molar-refractivity contribution is 0.439. The first-order valence-electron chi connectivity index (χ1n) is 6.66. The molecular weight excluding hydrogens is 284 g/mol. The van der Waals surface area contributed by atoms with Gasteiger partial charge < -0.3 is 4.74 Å². The van der Waals surface area contributed by atoms with Crippen molar-refractivity contribution in [3.05, 3.63) is 52.2 Å². The van der Waals surface area contributed by atoms with Crippen LogP contribution in [0.5, 0.6) is 11.6 Å². The van der Waals surface area contributed by atoms with Crippen molar-refractivity contribution in [1.29, 1.82) is 5.26 Å². The van der Waals surface area contributed by atoms with Gasteiger partial charge in [-0.2, -0.15) is 5.26 Å². The highest BCUT2D eigenvalue weighted by Crippen LogP contribution is 2.34. The van der Waals surface area contributed by atoms with E-state index in [1.807, 2.05) is 25.1 Å². The molecule has 0 spiro atoms. The zero-order valence-electron chi connectivity index (χ0n) is 12.6. The molecule has 108 valence electrons. The summed E-state index contributed by atoms with van der Waals surface area (Å²) in [5, 5.41) is 9.22. The fraction of sp³-hybridized carbons (Fsp3) is 0.294. The number of pyridine rings is 1. The number of benzene rings is 1. The van der Waals surface area contributed by atoms with Crippen molar-refractivity contribution < 1.29 is 4.74 Å². The lowest BCUT2D eigenvalue weighted by Crippen LogP contribution is -2.13. The molecule has 1 aromatic carbocycles. The van der Waals surface area contributed by atoms with Crippen LogP contribution in [0, 0.1) is 18.3 Å². The number of aryl methyl sites for hydroxylation is 1. The first-order chi connectivity index (χ1) is 9.79. The molecule has 0 fully saturated rings. The van der Waals surface area contributed by atoms with E-state index in [2.05, 4.69) is 31.8 Å². The average Bonchev–Trinajstić information content (AvgIpc) is 2.39. The molecule has 0 aliphatic heterocycles. The lowest BCUT2D eigenvalue weighted by Gasteiger charge is -2.23. The highest BCUT2D eigenvalue weighted by Gasteiger charge is 2.20. The van der Waals surface area contributed by atoms with Crippen LogP contribution in [0.2, 0.25) is 5.15 Å². The molecule has 0 saturated carbocycles. The highest BCUT2D eigenvalue weighted by molar-refractivity contribution is 6.29. The first kappa shape index (κ1) is 15.3. The largest absolute Gasteiger partial charge is 0.439 e. The molecule has 0 amide bonds. The molecule has 2 rings (SSSR count). The molecule has 21 heavy (non-hydrogen) atoms. The Labute approximate surface area is 130 Å². The van der Waals surface area contributed by atoms with Crippen molar-refractivity contribution in [1.82, 2.24) is 4.98 Å². The van der Waals surface area contributed by atoms with E-state index in [4.69, 9.17) is 21.6 Å². The summed E-state index contributed by atoms with van der Waals surface area (Å²) in [6.45, 7) is 8.42. The van der Waals surface area contributed by atoms with Gasteiger partial charge in [0, 0.05) is 11.6 Å². The van der Waals surface area contributed by atoms with Crippen LogP contribution in [-0.2, 0) is 5.41 Å². The number of rotatable bonds is 2. The van der Waals surface area contributed by atoms with Gasteiger partial charge in [0.1, 0.15) is 10.9 Å². The second-order valence-electron chi connectivity index (χ2n) is 5.98. The van der Waals surface area contributed by atoms with Crippen molar-refractivity contribution in [3.8, 4) is 17.7 Å². The minimum atomic E-state index is -0.0576. The SMILES string of the molecule is Cc1ccc(Oc2cc(C#N)cc(Cl)n2)c(C(C)(C)C)c1. The Balaban J connectivity index is 2.45. The summed E-state index contributed by atoms with van der Waals surface area (Å²) in [5.74, 6) is 1.06. The predicted octanol–water partition coefficient (Wildman–Crippen LogP) is 5.00. The Bertz CT molecular complexity index is 712. The molecule has 0 radical (unpaired) electrons. The number of halogens is 1. The second kappa shape index (κ2) is 5.75. The maximum atomic E-state index is 8.98. The zero-order valence-corrected chi connectivity index (χ0v) is 13.3. The third-order valence-corrected chi connectivity index (χ3v) is 3.25. The molecule has 0 aliphatic rings. The zero-order chi connectivity index (χ0) is 15.6. The monoisotopic (exact) mass is 300 g/mol. The van der Waals surface area contributed by atoms with Gasteiger partial charge in [-0.1, -0.05) is 50.1 Å². The summed E-state index contributed by atoms with van der Waals surface area (Å²) in [4.78, 5) is 4.11. The molecule has 4 heteroatoms. The van der Waals surface area contributed by atoms with Crippen LogP contribution in [0.3, 0.4) is 0 Å². The minimum absolute atomic E-state index is 0.0576. The molecular formula is C17H17ClN2O. The van der Waals surface area contributed by atoms with Crippen LogP contribution < -0.4 is 4.74 Å². The summed E-state index contributed by atoms with van der Waals surface area (Å²) in [5.41, 5.74) is 2.62. The van der Waals surface area contributed by atoms with Gasteiger partial charge in [-0.3, -0.25) is 0 Å². The van der Waals surface area contributed by atoms with Gasteiger partial charge in [-0.05, 0) is 24.5 Å². The van der Waals surface area contributed by atoms with Gasteiger partial charge in [0.2, 0.25) is 5.88 Å². The van der Waals surface area contributed by atoms with Gasteiger partial charge in [-0.25, -0.2) is 4.98 Å². The molecule has 1 heterocycles. The number of hydrogen-bond acceptors (Lipinski definition) is 3. The summed E-state index contributed by atoms with van der Waals surface area (Å²) in [6, 6.07) is 11.1. The Morgan fingerprint density at radius 3 is 2.52 bits per heavy atom. The number of ether oxygens (including phenoxy) is 1. The lowest BCUT2D eigenvalue weighted by atomic mass is 9.85. The van der Waals surface area contributed by atoms with Gasteiger partial charge in [0.15, 0.2) is 0 Å². The fourth-order valence-corrected chi connectivity index (χ4v) is 2.22. The van der Waals surface area contributed by atoms with Crippen LogP contribution in [0.1, 0.15) is 37.5 Å². The molecule has 0 aliphatic carbocycles. The molecule has 0 bridgehead atoms. The van der Waals surface area contributed by atoms with Gasteiger partial charge in [0.05, 0.1) is 11.6 Å². The molecule has 0 atom stereocenters. The summed E-state index contributed by atoms with van der Waals surface area (Å²) in [6.07, 6.45) is 0. The predicted molar refractivity (Wildman–Crippen MR) is 83.9 cm³/mol. The van der Waals surface area contributed by atoms with Crippen LogP contribution >= 0.6 is 11.6 Å². The second-order valence-corrected chi connectivity index (χ2v) is 6.37. The van der Waals surface area contributed by atoms with Crippen LogP contribution in [0.4, 0.5) is 0 Å². The van der Waals surface area contributed by atoms with Gasteiger partial charge in [-0.15, -0.1) is 0 Å². The number of hydrogen-bond donors (Lipinski definition) is 0. The third-order valence-electron chi connectivity index (χ3n) is 3.06. The van der Waals surface area contributed by atoms with Crippen molar-refractivity contribution in [3.63, 3.8) is 0 Å². The van der Waals surface area contributed by atoms with E-state index in [0.29, 0.717) is 11.4 Å². The van der Waals surface area contributed by atoms with Crippen LogP contribution in [0.25, 0.3) is 0 Å². The third kappa shape index (κ3) is 3.74. The molecule has 3 nitrogen and oxygen atoms in total. The van der Waals surface area contributed by atoms with E-state index in [-0.39, 0.29) is 10.6 Å². The number of aromatic nitrogens is 1. The van der Waals surface area contributed by atoms with Crippen molar-refractivity contribution in [2.24, 2.45) is 0 Å². The standard InChI is InChI=1S/C17H17ClN2O/c1-11-5-6-14(13(7-11)17(2,3)4)21-16-9-12(10-19)8-15(18)20-16/h5-9H,1-4H3. The Kier molecular flexibility index (Phi) is 4.20. The van der Waals surface area contributed by atoms with E-state index in [0.717, 1.165) is 11.3 Å². The van der Waals surface area contributed by atoms with Gasteiger partial charge in [0.25, 0.3) is 0 Å². The first-order valence-corrected chi connectivity index (χ1v) is 7.04. The normalized spacial score (nSPS) is 11.0. The number of nitrogens with zero attached hydrogens (tertiary/aromatic N) is 2. The minimum Gasteiger partial charge on any atom is -0.439 e. The molecule has 0 unspecified atom stereocenters. The molecule has 2 aromatic rings. The Hall–Kier alpha value is -2.05. The average molecular weight is 301 g/mol. The summed E-state index contributed by atoms with van der Waals surface area (Å²) >= 11 is 5.91.